The minimum absolute atomic E-state index is 0.192. The van der Waals surface area contributed by atoms with Crippen molar-refractivity contribution in [3.8, 4) is 0 Å². The van der Waals surface area contributed by atoms with E-state index in [0.29, 0.717) is 16.7 Å². The Kier molecular flexibility index (Phi) is 7.87. The van der Waals surface area contributed by atoms with E-state index in [0.717, 1.165) is 0 Å². The molecule has 0 amide bonds. The highest BCUT2D eigenvalue weighted by molar-refractivity contribution is 7.38. The third kappa shape index (κ3) is 6.87. The van der Waals surface area contributed by atoms with E-state index >= 15 is 0 Å². The first-order valence-electron chi connectivity index (χ1n) is 6.67. The molecular weight excluding hydrogens is 349 g/mol. The predicted octanol–water partition coefficient (Wildman–Crippen LogP) is -0.103. The highest BCUT2D eigenvalue weighted by Crippen LogP contribution is 2.34. The third-order valence-electron chi connectivity index (χ3n) is 2.54. The Morgan fingerprint density at radius 2 is 1.68 bits per heavy atom. The van der Waals surface area contributed by atoms with Gasteiger partial charge in [0, 0.05) is 5.56 Å². The molecule has 0 aliphatic heterocycles. The first-order valence-corrected chi connectivity index (χ1v) is 7.95. The highest BCUT2D eigenvalue weighted by Gasteiger charge is 2.27. The Balaban J connectivity index is 0.000000208. The van der Waals surface area contributed by atoms with Gasteiger partial charge in [-0.3, -0.25) is 10.2 Å². The molecule has 0 aliphatic carbocycles. The Labute approximate surface area is 142 Å². The molecule has 2 unspecified atom stereocenters. The van der Waals surface area contributed by atoms with Crippen LogP contribution in [0.2, 0.25) is 0 Å². The number of aliphatic hydroxyl groups excluding tert-OH is 1. The molecule has 25 heavy (non-hydrogen) atoms. The summed E-state index contributed by atoms with van der Waals surface area (Å²) in [7, 11) is -2.53. The second-order valence-electron chi connectivity index (χ2n) is 4.38. The van der Waals surface area contributed by atoms with E-state index in [9.17, 15) is 9.36 Å². The summed E-state index contributed by atoms with van der Waals surface area (Å²) >= 11 is 0. The maximum atomic E-state index is 10.9. The second-order valence-corrected chi connectivity index (χ2v) is 5.47. The maximum absolute atomic E-state index is 10.9. The quantitative estimate of drug-likeness (QED) is 0.184. The molecule has 1 aromatic carbocycles. The monoisotopic (exact) mass is 366 g/mol. The van der Waals surface area contributed by atoms with Crippen molar-refractivity contribution in [1.82, 2.24) is 19.9 Å². The number of nitrogens with two attached hydrogens (primary N) is 2. The summed E-state index contributed by atoms with van der Waals surface area (Å²) in [5, 5.41) is 15.1. The molecule has 9 N–H and O–H groups in total. The number of benzene rings is 1. The summed E-state index contributed by atoms with van der Waals surface area (Å²) in [6.45, 7) is 0. The standard InChI is InChI=1S/C7H7O3P.C5H4N4O.CH5N3/c8-7(11(9)10)6-4-2-1-3-5-6;10-5-3-4(7-1-6-3)8-2-9-5;2-1(3)4/h1-5,7-8H;1-2H,(H2,6,7,8,9,10);(H5,2,3,4)/p+1. The number of fused-ring (bicyclic) bond motifs is 1. The summed E-state index contributed by atoms with van der Waals surface area (Å²) < 4.78 is 10.4. The first-order chi connectivity index (χ1) is 11.8. The predicted molar refractivity (Wildman–Crippen MR) is 91.8 cm³/mol. The highest BCUT2D eigenvalue weighted by atomic mass is 31.1. The molecule has 0 saturated heterocycles. The van der Waals surface area contributed by atoms with Crippen LogP contribution in [-0.4, -0.2) is 35.9 Å². The van der Waals surface area contributed by atoms with Crippen molar-refractivity contribution in [1.29, 1.82) is 5.41 Å². The fraction of sp³-hybridized carbons (Fsp3) is 0.0769. The van der Waals surface area contributed by atoms with Crippen molar-refractivity contribution in [2.45, 2.75) is 5.85 Å². The Morgan fingerprint density at radius 1 is 1.16 bits per heavy atom. The van der Waals surface area contributed by atoms with Gasteiger partial charge < -0.3 is 26.5 Å². The molecule has 11 nitrogen and oxygen atoms in total. The zero-order valence-corrected chi connectivity index (χ0v) is 13.7. The van der Waals surface area contributed by atoms with Crippen molar-refractivity contribution in [2.75, 3.05) is 0 Å². The topological polar surface area (TPSA) is 208 Å². The first kappa shape index (κ1) is 19.9. The van der Waals surface area contributed by atoms with Crippen LogP contribution in [0.1, 0.15) is 11.4 Å². The molecule has 2 atom stereocenters. The average molecular weight is 366 g/mol. The van der Waals surface area contributed by atoms with Crippen LogP contribution in [-0.2, 0) is 4.57 Å². The fourth-order valence-corrected chi connectivity index (χ4v) is 1.96. The number of nitrogens with zero attached hydrogens (tertiary/aromatic N) is 2. The maximum Gasteiger partial charge on any atom is 0.542 e. The van der Waals surface area contributed by atoms with Gasteiger partial charge in [0.1, 0.15) is 0 Å². The molecule has 0 radical (unpaired) electrons. The van der Waals surface area contributed by atoms with E-state index in [4.69, 9.17) is 15.4 Å². The number of nitrogens with one attached hydrogen (secondary N) is 3. The Bertz CT molecular complexity index is 876. The fourth-order valence-electron chi connectivity index (χ4n) is 1.53. The molecule has 0 fully saturated rings. The van der Waals surface area contributed by atoms with Gasteiger partial charge in [0.2, 0.25) is 0 Å². The van der Waals surface area contributed by atoms with Crippen LogP contribution in [0, 0.1) is 5.41 Å². The smallest absolute Gasteiger partial charge is 0.370 e. The second kappa shape index (κ2) is 9.88. The van der Waals surface area contributed by atoms with Crippen LogP contribution in [0.3, 0.4) is 0 Å². The van der Waals surface area contributed by atoms with Crippen LogP contribution in [0.5, 0.6) is 0 Å². The molecule has 0 spiro atoms. The van der Waals surface area contributed by atoms with Gasteiger partial charge in [0.15, 0.2) is 17.1 Å². The van der Waals surface area contributed by atoms with Gasteiger partial charge in [-0.1, -0.05) is 30.3 Å². The zero-order chi connectivity index (χ0) is 18.8. The van der Waals surface area contributed by atoms with Crippen LogP contribution < -0.4 is 17.0 Å². The third-order valence-corrected chi connectivity index (χ3v) is 3.25. The molecule has 2 heterocycles. The zero-order valence-electron chi connectivity index (χ0n) is 12.8. The number of hydrogen-bond acceptors (Lipinski definition) is 6. The van der Waals surface area contributed by atoms with Crippen LogP contribution in [0.25, 0.3) is 11.2 Å². The number of H-pyrrole nitrogens is 2. The lowest BCUT2D eigenvalue weighted by Gasteiger charge is -1.94. The van der Waals surface area contributed by atoms with E-state index in [2.05, 4.69) is 31.4 Å². The van der Waals surface area contributed by atoms with E-state index in [1.54, 1.807) is 30.3 Å². The number of rotatable bonds is 2. The SMILES string of the molecule is N=C(N)N.O=[P+](O)C(O)c1ccccc1.O=c1[nH]cnc2nc[nH]c12. The number of guanidine groups is 1. The summed E-state index contributed by atoms with van der Waals surface area (Å²) in [5.74, 6) is -1.59. The van der Waals surface area contributed by atoms with E-state index in [1.807, 2.05) is 0 Å². The molecule has 3 aromatic rings. The molecular formula is C13H17N7O4P+. The van der Waals surface area contributed by atoms with Gasteiger partial charge in [-0.15, -0.1) is 0 Å². The van der Waals surface area contributed by atoms with E-state index in [-0.39, 0.29) is 11.5 Å². The number of hydrogen-bond donors (Lipinski definition) is 7. The lowest BCUT2D eigenvalue weighted by Crippen LogP contribution is -2.20. The minimum Gasteiger partial charge on any atom is -0.370 e. The van der Waals surface area contributed by atoms with Crippen molar-refractivity contribution in [3.63, 3.8) is 0 Å². The summed E-state index contributed by atoms with van der Waals surface area (Å²) in [6.07, 6.45) is 2.76. The lowest BCUT2D eigenvalue weighted by atomic mass is 10.2. The number of aromatic amines is 2. The van der Waals surface area contributed by atoms with Crippen molar-refractivity contribution >= 4 is 25.2 Å². The number of imidazole rings is 1. The van der Waals surface area contributed by atoms with Crippen molar-refractivity contribution in [2.24, 2.45) is 11.5 Å². The molecule has 3 rings (SSSR count). The summed E-state index contributed by atoms with van der Waals surface area (Å²) in [4.78, 5) is 32.1. The van der Waals surface area contributed by atoms with E-state index in [1.165, 1.54) is 12.7 Å². The minimum atomic E-state index is -2.53. The lowest BCUT2D eigenvalue weighted by molar-refractivity contribution is 0.243. The van der Waals surface area contributed by atoms with Crippen LogP contribution >= 0.6 is 8.03 Å². The molecule has 12 heteroatoms. The van der Waals surface area contributed by atoms with Gasteiger partial charge in [-0.2, -0.15) is 4.89 Å². The number of aromatic nitrogens is 4. The molecule has 132 valence electrons. The Morgan fingerprint density at radius 3 is 2.16 bits per heavy atom. The van der Waals surface area contributed by atoms with E-state index < -0.39 is 13.9 Å². The van der Waals surface area contributed by atoms with Crippen molar-refractivity contribution < 1.29 is 14.6 Å². The van der Waals surface area contributed by atoms with Gasteiger partial charge in [0.25, 0.3) is 5.56 Å². The number of aliphatic hydroxyl groups is 1. The summed E-state index contributed by atoms with van der Waals surface area (Å²) in [6, 6.07) is 8.40. The molecule has 2 aromatic heterocycles. The van der Waals surface area contributed by atoms with Gasteiger partial charge in [-0.25, -0.2) is 9.97 Å². The molecule has 0 bridgehead atoms. The normalized spacial score (nSPS) is 11.4. The Hall–Kier alpha value is -3.14. The van der Waals surface area contributed by atoms with Crippen LogP contribution in [0.15, 0.2) is 47.8 Å². The van der Waals surface area contributed by atoms with Gasteiger partial charge in [-0.05, 0) is 4.57 Å². The largest absolute Gasteiger partial charge is 0.542 e. The summed E-state index contributed by atoms with van der Waals surface area (Å²) in [5.41, 5.74) is 10.1. The van der Waals surface area contributed by atoms with Crippen LogP contribution in [0.4, 0.5) is 0 Å². The van der Waals surface area contributed by atoms with Gasteiger partial charge >= 0.3 is 13.9 Å². The molecule has 0 aliphatic rings. The van der Waals surface area contributed by atoms with Gasteiger partial charge in [0.05, 0.1) is 12.7 Å². The van der Waals surface area contributed by atoms with Crippen molar-refractivity contribution in [3.05, 3.63) is 58.9 Å². The molecule has 0 saturated carbocycles. The average Bonchev–Trinajstić information content (AvgIpc) is 3.05.